The molecule has 0 radical (unpaired) electrons. The highest BCUT2D eigenvalue weighted by atomic mass is 15.0. The Morgan fingerprint density at radius 3 is 2.85 bits per heavy atom. The van der Waals surface area contributed by atoms with Gasteiger partial charge in [-0.2, -0.15) is 0 Å². The predicted molar refractivity (Wildman–Crippen MR) is 54.8 cm³/mol. The Morgan fingerprint density at radius 1 is 1.38 bits per heavy atom. The maximum absolute atomic E-state index is 4.35. The minimum atomic E-state index is 0.563. The molecule has 2 heteroatoms. The number of hydrogen-bond acceptors (Lipinski definition) is 1. The highest BCUT2D eigenvalue weighted by Crippen LogP contribution is 2.24. The summed E-state index contributed by atoms with van der Waals surface area (Å²) in [5, 5.41) is 1.28. The molecular formula is C11H14N2. The van der Waals surface area contributed by atoms with E-state index in [1.54, 1.807) is 0 Å². The lowest BCUT2D eigenvalue weighted by Gasteiger charge is -2.00. The zero-order chi connectivity index (χ0) is 9.42. The molecule has 2 heterocycles. The summed E-state index contributed by atoms with van der Waals surface area (Å²) < 4.78 is 2.09. The number of aryl methyl sites for hydroxylation is 1. The first-order chi connectivity index (χ1) is 6.20. The van der Waals surface area contributed by atoms with Gasteiger partial charge in [0.25, 0.3) is 0 Å². The van der Waals surface area contributed by atoms with Gasteiger partial charge in [0.1, 0.15) is 5.65 Å². The first-order valence-corrected chi connectivity index (χ1v) is 4.60. The smallest absolute Gasteiger partial charge is 0.139 e. The molecular weight excluding hydrogens is 160 g/mol. The van der Waals surface area contributed by atoms with Crippen molar-refractivity contribution in [2.75, 3.05) is 0 Å². The van der Waals surface area contributed by atoms with Gasteiger partial charge >= 0.3 is 0 Å². The standard InChI is InChI=1S/C11H14N2/c1-8(2)10-7-13(3)11-9(10)5-4-6-12-11/h4-8H,1-3H3. The van der Waals surface area contributed by atoms with Crippen molar-refractivity contribution in [3.05, 3.63) is 30.1 Å². The lowest BCUT2D eigenvalue weighted by molar-refractivity contribution is 0.855. The highest BCUT2D eigenvalue weighted by molar-refractivity contribution is 5.80. The first kappa shape index (κ1) is 8.30. The van der Waals surface area contributed by atoms with Gasteiger partial charge in [-0.05, 0) is 23.6 Å². The summed E-state index contributed by atoms with van der Waals surface area (Å²) in [5.41, 5.74) is 2.46. The van der Waals surface area contributed by atoms with Crippen LogP contribution in [0, 0.1) is 0 Å². The van der Waals surface area contributed by atoms with Crippen LogP contribution in [0.25, 0.3) is 11.0 Å². The summed E-state index contributed by atoms with van der Waals surface area (Å²) in [7, 11) is 2.04. The van der Waals surface area contributed by atoms with E-state index in [1.165, 1.54) is 10.9 Å². The number of rotatable bonds is 1. The van der Waals surface area contributed by atoms with Gasteiger partial charge in [0.15, 0.2) is 0 Å². The van der Waals surface area contributed by atoms with E-state index < -0.39 is 0 Å². The Morgan fingerprint density at radius 2 is 2.15 bits per heavy atom. The number of fused-ring (bicyclic) bond motifs is 1. The topological polar surface area (TPSA) is 17.8 Å². The Kier molecular flexibility index (Phi) is 1.83. The molecule has 0 saturated carbocycles. The first-order valence-electron chi connectivity index (χ1n) is 4.60. The van der Waals surface area contributed by atoms with Crippen LogP contribution in [0.3, 0.4) is 0 Å². The molecule has 0 aliphatic heterocycles. The fraction of sp³-hybridized carbons (Fsp3) is 0.364. The van der Waals surface area contributed by atoms with Gasteiger partial charge in [0.2, 0.25) is 0 Å². The molecule has 0 amide bonds. The largest absolute Gasteiger partial charge is 0.335 e. The molecule has 13 heavy (non-hydrogen) atoms. The molecule has 0 N–H and O–H groups in total. The van der Waals surface area contributed by atoms with Crippen LogP contribution in [-0.4, -0.2) is 9.55 Å². The maximum atomic E-state index is 4.35. The van der Waals surface area contributed by atoms with Gasteiger partial charge in [-0.15, -0.1) is 0 Å². The molecule has 0 bridgehead atoms. The van der Waals surface area contributed by atoms with Crippen molar-refractivity contribution in [3.63, 3.8) is 0 Å². The van der Waals surface area contributed by atoms with Gasteiger partial charge < -0.3 is 4.57 Å². The highest BCUT2D eigenvalue weighted by Gasteiger charge is 2.08. The van der Waals surface area contributed by atoms with E-state index in [0.717, 1.165) is 5.65 Å². The van der Waals surface area contributed by atoms with Crippen LogP contribution >= 0.6 is 0 Å². The molecule has 2 nitrogen and oxygen atoms in total. The lowest BCUT2D eigenvalue weighted by Crippen LogP contribution is -1.85. The second-order valence-corrected chi connectivity index (χ2v) is 3.72. The maximum Gasteiger partial charge on any atom is 0.139 e. The average molecular weight is 174 g/mol. The van der Waals surface area contributed by atoms with E-state index in [2.05, 4.69) is 35.7 Å². The molecule has 0 aliphatic carbocycles. The Bertz CT molecular complexity index is 427. The summed E-state index contributed by atoms with van der Waals surface area (Å²) in [6.45, 7) is 4.42. The monoisotopic (exact) mass is 174 g/mol. The molecule has 0 saturated heterocycles. The number of hydrogen-bond donors (Lipinski definition) is 0. The van der Waals surface area contributed by atoms with Crippen molar-refractivity contribution >= 4 is 11.0 Å². The quantitative estimate of drug-likeness (QED) is 0.650. The third-order valence-electron chi connectivity index (χ3n) is 2.39. The van der Waals surface area contributed by atoms with E-state index in [4.69, 9.17) is 0 Å². The summed E-state index contributed by atoms with van der Waals surface area (Å²) in [6, 6.07) is 4.13. The summed E-state index contributed by atoms with van der Waals surface area (Å²) in [5.74, 6) is 0.563. The zero-order valence-corrected chi connectivity index (χ0v) is 8.28. The van der Waals surface area contributed by atoms with Crippen molar-refractivity contribution in [1.29, 1.82) is 0 Å². The molecule has 0 unspecified atom stereocenters. The Labute approximate surface area is 78.2 Å². The van der Waals surface area contributed by atoms with Crippen LogP contribution < -0.4 is 0 Å². The minimum Gasteiger partial charge on any atom is -0.335 e. The van der Waals surface area contributed by atoms with Gasteiger partial charge in [-0.3, -0.25) is 0 Å². The number of pyridine rings is 1. The fourth-order valence-corrected chi connectivity index (χ4v) is 1.70. The second kappa shape index (κ2) is 2.87. The van der Waals surface area contributed by atoms with Crippen LogP contribution in [0.4, 0.5) is 0 Å². The molecule has 0 atom stereocenters. The van der Waals surface area contributed by atoms with Crippen molar-refractivity contribution in [1.82, 2.24) is 9.55 Å². The van der Waals surface area contributed by atoms with E-state index >= 15 is 0 Å². The van der Waals surface area contributed by atoms with Gasteiger partial charge in [0.05, 0.1) is 0 Å². The Balaban J connectivity index is 2.78. The third-order valence-corrected chi connectivity index (χ3v) is 2.39. The molecule has 0 aliphatic rings. The second-order valence-electron chi connectivity index (χ2n) is 3.72. The predicted octanol–water partition coefficient (Wildman–Crippen LogP) is 2.70. The lowest BCUT2D eigenvalue weighted by atomic mass is 10.0. The molecule has 2 rings (SSSR count). The van der Waals surface area contributed by atoms with Crippen LogP contribution in [0.2, 0.25) is 0 Å². The molecule has 0 aromatic carbocycles. The summed E-state index contributed by atoms with van der Waals surface area (Å²) >= 11 is 0. The van der Waals surface area contributed by atoms with E-state index in [1.807, 2.05) is 19.3 Å². The van der Waals surface area contributed by atoms with Crippen LogP contribution in [0.5, 0.6) is 0 Å². The van der Waals surface area contributed by atoms with Crippen molar-refractivity contribution in [2.24, 2.45) is 7.05 Å². The summed E-state index contributed by atoms with van der Waals surface area (Å²) in [4.78, 5) is 4.35. The van der Waals surface area contributed by atoms with Crippen LogP contribution in [0.15, 0.2) is 24.5 Å². The van der Waals surface area contributed by atoms with Gasteiger partial charge in [-0.25, -0.2) is 4.98 Å². The average Bonchev–Trinajstić information content (AvgIpc) is 2.45. The summed E-state index contributed by atoms with van der Waals surface area (Å²) in [6.07, 6.45) is 4.01. The zero-order valence-electron chi connectivity index (χ0n) is 8.28. The fourth-order valence-electron chi connectivity index (χ4n) is 1.70. The number of aromatic nitrogens is 2. The minimum absolute atomic E-state index is 0.563. The van der Waals surface area contributed by atoms with Gasteiger partial charge in [0, 0.05) is 24.8 Å². The van der Waals surface area contributed by atoms with E-state index in [0.29, 0.717) is 5.92 Å². The van der Waals surface area contributed by atoms with Crippen LogP contribution in [-0.2, 0) is 7.05 Å². The SMILES string of the molecule is CC(C)c1cn(C)c2ncccc12. The van der Waals surface area contributed by atoms with E-state index in [9.17, 15) is 0 Å². The third kappa shape index (κ3) is 1.22. The molecule has 2 aromatic rings. The van der Waals surface area contributed by atoms with Crippen molar-refractivity contribution in [2.45, 2.75) is 19.8 Å². The molecule has 68 valence electrons. The van der Waals surface area contributed by atoms with Crippen LogP contribution in [0.1, 0.15) is 25.3 Å². The van der Waals surface area contributed by atoms with Crippen molar-refractivity contribution < 1.29 is 0 Å². The Hall–Kier alpha value is -1.31. The number of nitrogens with zero attached hydrogens (tertiary/aromatic N) is 2. The molecule has 0 spiro atoms. The van der Waals surface area contributed by atoms with Crippen molar-refractivity contribution in [3.8, 4) is 0 Å². The van der Waals surface area contributed by atoms with E-state index in [-0.39, 0.29) is 0 Å². The molecule has 0 fully saturated rings. The normalized spacial score (nSPS) is 11.4. The van der Waals surface area contributed by atoms with Gasteiger partial charge in [-0.1, -0.05) is 13.8 Å². The molecule has 2 aromatic heterocycles.